The summed E-state index contributed by atoms with van der Waals surface area (Å²) in [6, 6.07) is 66.0. The highest BCUT2D eigenvalue weighted by Crippen LogP contribution is 2.57. The first-order chi connectivity index (χ1) is 20.7. The lowest BCUT2D eigenvalue weighted by Gasteiger charge is -2.41. The molecule has 0 aliphatic carbocycles. The van der Waals surface area contributed by atoms with Crippen molar-refractivity contribution >= 4 is 23.5 Å². The summed E-state index contributed by atoms with van der Waals surface area (Å²) in [6.45, 7) is 2.38. The van der Waals surface area contributed by atoms with E-state index in [1.165, 1.54) is 33.4 Å². The molecule has 6 rings (SSSR count). The highest BCUT2D eigenvalue weighted by atomic mass is 32.2. The Morgan fingerprint density at radius 3 is 0.643 bits per heavy atom. The van der Waals surface area contributed by atoms with Crippen molar-refractivity contribution in [2.75, 3.05) is 0 Å². The van der Waals surface area contributed by atoms with Gasteiger partial charge in [0, 0.05) is 0 Å². The van der Waals surface area contributed by atoms with Crippen molar-refractivity contribution in [1.29, 1.82) is 0 Å². The molecular weight excluding hydrogens is 545 g/mol. The number of benzene rings is 6. The second-order valence-corrected chi connectivity index (χ2v) is 13.8. The van der Waals surface area contributed by atoms with Gasteiger partial charge in [-0.15, -0.1) is 23.5 Å². The average molecular weight is 579 g/mol. The minimum atomic E-state index is -0.397. The topological polar surface area (TPSA) is 0 Å². The highest BCUT2D eigenvalue weighted by molar-refractivity contribution is 8.18. The first kappa shape index (κ1) is 28.2. The van der Waals surface area contributed by atoms with E-state index in [1.54, 1.807) is 0 Å². The minimum absolute atomic E-state index is 0.186. The van der Waals surface area contributed by atoms with Crippen LogP contribution in [0.25, 0.3) is 0 Å². The van der Waals surface area contributed by atoms with E-state index in [4.69, 9.17) is 0 Å². The molecule has 0 heterocycles. The van der Waals surface area contributed by atoms with Crippen LogP contribution in [0.5, 0.6) is 0 Å². The molecule has 0 atom stereocenters. The first-order valence-corrected chi connectivity index (χ1v) is 16.2. The van der Waals surface area contributed by atoms with Gasteiger partial charge in [0.15, 0.2) is 0 Å². The molecule has 6 aromatic rings. The van der Waals surface area contributed by atoms with Gasteiger partial charge in [-0.05, 0) is 40.3 Å². The fourth-order valence-corrected chi connectivity index (χ4v) is 9.65. The molecule has 42 heavy (non-hydrogen) atoms. The largest absolute Gasteiger partial charge is 0.126 e. The van der Waals surface area contributed by atoms with Gasteiger partial charge in [0.05, 0.1) is 14.1 Å². The molecule has 0 aromatic heterocycles. The second-order valence-electron chi connectivity index (χ2n) is 10.4. The Balaban J connectivity index is 1.54. The summed E-state index contributed by atoms with van der Waals surface area (Å²) in [5.74, 6) is 0. The fourth-order valence-electron chi connectivity index (χ4n) is 5.97. The third-order valence-corrected chi connectivity index (χ3v) is 11.1. The lowest BCUT2D eigenvalue weighted by molar-refractivity contribution is 0.882. The SMILES string of the molecule is CC(SC(c1ccccc1)(c1ccccc1)c1ccccc1)SC(c1ccccc1)(c1ccccc1)c1ccccc1. The molecule has 0 saturated heterocycles. The van der Waals surface area contributed by atoms with Crippen LogP contribution in [0.1, 0.15) is 40.3 Å². The second kappa shape index (κ2) is 12.9. The van der Waals surface area contributed by atoms with E-state index >= 15 is 0 Å². The molecule has 0 bridgehead atoms. The van der Waals surface area contributed by atoms with Crippen molar-refractivity contribution in [2.45, 2.75) is 21.0 Å². The molecule has 0 amide bonds. The van der Waals surface area contributed by atoms with Crippen LogP contribution >= 0.6 is 23.5 Å². The van der Waals surface area contributed by atoms with Gasteiger partial charge in [0.25, 0.3) is 0 Å². The van der Waals surface area contributed by atoms with Gasteiger partial charge in [-0.3, -0.25) is 0 Å². The Morgan fingerprint density at radius 2 is 0.476 bits per heavy atom. The zero-order valence-corrected chi connectivity index (χ0v) is 25.3. The van der Waals surface area contributed by atoms with Crippen molar-refractivity contribution in [1.82, 2.24) is 0 Å². The van der Waals surface area contributed by atoms with E-state index in [9.17, 15) is 0 Å². The van der Waals surface area contributed by atoms with Gasteiger partial charge in [0.1, 0.15) is 0 Å². The van der Waals surface area contributed by atoms with E-state index in [1.807, 2.05) is 23.5 Å². The quantitative estimate of drug-likeness (QED) is 0.117. The molecule has 0 saturated carbocycles. The highest BCUT2D eigenvalue weighted by Gasteiger charge is 2.43. The smallest absolute Gasteiger partial charge is 0.0917 e. The van der Waals surface area contributed by atoms with Crippen LogP contribution in [-0.4, -0.2) is 4.58 Å². The van der Waals surface area contributed by atoms with Gasteiger partial charge >= 0.3 is 0 Å². The maximum Gasteiger partial charge on any atom is 0.0917 e. The summed E-state index contributed by atoms with van der Waals surface area (Å²) in [7, 11) is 0. The lowest BCUT2D eigenvalue weighted by atomic mass is 9.84. The molecule has 0 fully saturated rings. The maximum atomic E-state index is 2.38. The molecule has 2 heteroatoms. The predicted molar refractivity (Wildman–Crippen MR) is 183 cm³/mol. The Bertz CT molecular complexity index is 1330. The maximum absolute atomic E-state index is 2.38. The fraction of sp³-hybridized carbons (Fsp3) is 0.100. The molecule has 0 unspecified atom stereocenters. The third kappa shape index (κ3) is 5.45. The van der Waals surface area contributed by atoms with E-state index in [0.717, 1.165) is 0 Å². The van der Waals surface area contributed by atoms with Gasteiger partial charge in [-0.25, -0.2) is 0 Å². The third-order valence-electron chi connectivity index (χ3n) is 7.77. The van der Waals surface area contributed by atoms with Crippen LogP contribution < -0.4 is 0 Å². The van der Waals surface area contributed by atoms with Crippen molar-refractivity contribution in [3.63, 3.8) is 0 Å². The Labute approximate surface area is 258 Å². The zero-order chi connectivity index (χ0) is 28.7. The Hall–Kier alpha value is -3.98. The van der Waals surface area contributed by atoms with Crippen LogP contribution in [-0.2, 0) is 9.49 Å². The Kier molecular flexibility index (Phi) is 8.65. The first-order valence-electron chi connectivity index (χ1n) is 14.4. The normalized spacial score (nSPS) is 11.9. The zero-order valence-electron chi connectivity index (χ0n) is 23.7. The summed E-state index contributed by atoms with van der Waals surface area (Å²) in [4.78, 5) is 0. The van der Waals surface area contributed by atoms with Gasteiger partial charge in [0.2, 0.25) is 0 Å². The number of hydrogen-bond acceptors (Lipinski definition) is 2. The Morgan fingerprint density at radius 1 is 0.310 bits per heavy atom. The molecule has 0 spiro atoms. The van der Waals surface area contributed by atoms with Crippen LogP contribution in [0.4, 0.5) is 0 Å². The van der Waals surface area contributed by atoms with Crippen LogP contribution in [0.3, 0.4) is 0 Å². The van der Waals surface area contributed by atoms with E-state index in [-0.39, 0.29) is 4.58 Å². The van der Waals surface area contributed by atoms with Crippen LogP contribution in [0, 0.1) is 0 Å². The van der Waals surface area contributed by atoms with Crippen molar-refractivity contribution in [3.05, 3.63) is 215 Å². The molecule has 6 aromatic carbocycles. The van der Waals surface area contributed by atoms with Crippen LogP contribution in [0.2, 0.25) is 0 Å². The molecule has 0 aliphatic rings. The standard InChI is InChI=1S/C40H34S2/c1-32(41-39(33-20-8-2-9-21-33,34-22-10-3-11-23-34)35-24-12-4-13-25-35)42-40(36-26-14-5-15-27-36,37-28-16-6-17-29-37)38-30-18-7-19-31-38/h2-32H,1H3. The van der Waals surface area contributed by atoms with Crippen molar-refractivity contribution in [2.24, 2.45) is 0 Å². The predicted octanol–water partition coefficient (Wildman–Crippen LogP) is 10.8. The number of thioether (sulfide) groups is 2. The van der Waals surface area contributed by atoms with Crippen molar-refractivity contribution in [3.8, 4) is 0 Å². The van der Waals surface area contributed by atoms with Gasteiger partial charge < -0.3 is 0 Å². The summed E-state index contributed by atoms with van der Waals surface area (Å²) in [5.41, 5.74) is 7.69. The summed E-state index contributed by atoms with van der Waals surface area (Å²) < 4.78 is -0.607. The molecule has 0 N–H and O–H groups in total. The number of rotatable bonds is 10. The molecule has 0 aliphatic heterocycles. The number of hydrogen-bond donors (Lipinski definition) is 0. The van der Waals surface area contributed by atoms with Crippen LogP contribution in [0.15, 0.2) is 182 Å². The average Bonchev–Trinajstić information content (AvgIpc) is 3.08. The van der Waals surface area contributed by atoms with E-state index in [2.05, 4.69) is 189 Å². The molecule has 0 nitrogen and oxygen atoms in total. The van der Waals surface area contributed by atoms with E-state index in [0.29, 0.717) is 0 Å². The minimum Gasteiger partial charge on any atom is -0.126 e. The summed E-state index contributed by atoms with van der Waals surface area (Å²) in [5, 5.41) is 0. The van der Waals surface area contributed by atoms with Gasteiger partial charge in [-0.1, -0.05) is 182 Å². The lowest BCUT2D eigenvalue weighted by Crippen LogP contribution is -2.31. The summed E-state index contributed by atoms with van der Waals surface area (Å²) in [6.07, 6.45) is 0. The van der Waals surface area contributed by atoms with Crippen molar-refractivity contribution < 1.29 is 0 Å². The van der Waals surface area contributed by atoms with Gasteiger partial charge in [-0.2, -0.15) is 0 Å². The van der Waals surface area contributed by atoms with E-state index < -0.39 is 9.49 Å². The monoisotopic (exact) mass is 578 g/mol. The molecular formula is C40H34S2. The molecule has 206 valence electrons. The summed E-state index contributed by atoms with van der Waals surface area (Å²) >= 11 is 4.05. The molecule has 0 radical (unpaired) electrons.